The van der Waals surface area contributed by atoms with Crippen LogP contribution in [0.2, 0.25) is 0 Å². The zero-order valence-corrected chi connectivity index (χ0v) is 12.0. The van der Waals surface area contributed by atoms with Crippen LogP contribution in [0.15, 0.2) is 12.1 Å². The maximum atomic E-state index is 11.6. The number of ketones is 1. The SMILES string of the molecule is COc1cc(CCCO)c(C(C)C(C)=O)cc1OC. The molecule has 19 heavy (non-hydrogen) atoms. The van der Waals surface area contributed by atoms with Gasteiger partial charge < -0.3 is 14.6 Å². The lowest BCUT2D eigenvalue weighted by Crippen LogP contribution is -2.09. The Hall–Kier alpha value is -1.55. The van der Waals surface area contributed by atoms with E-state index >= 15 is 0 Å². The number of aliphatic hydroxyl groups is 1. The second kappa shape index (κ2) is 7.14. The number of hydrogen-bond acceptors (Lipinski definition) is 4. The fourth-order valence-electron chi connectivity index (χ4n) is 2.04. The highest BCUT2D eigenvalue weighted by Gasteiger charge is 2.18. The molecule has 0 heterocycles. The van der Waals surface area contributed by atoms with Gasteiger partial charge in [-0.05, 0) is 43.0 Å². The predicted molar refractivity (Wildman–Crippen MR) is 74.0 cm³/mol. The van der Waals surface area contributed by atoms with Gasteiger partial charge in [0.15, 0.2) is 11.5 Å². The Morgan fingerprint density at radius 2 is 1.84 bits per heavy atom. The Labute approximate surface area is 114 Å². The van der Waals surface area contributed by atoms with E-state index in [1.165, 1.54) is 0 Å². The zero-order valence-electron chi connectivity index (χ0n) is 12.0. The number of benzene rings is 1. The number of hydrogen-bond donors (Lipinski definition) is 1. The van der Waals surface area contributed by atoms with Crippen LogP contribution in [-0.2, 0) is 11.2 Å². The second-order valence-corrected chi connectivity index (χ2v) is 4.57. The average Bonchev–Trinajstić information content (AvgIpc) is 2.43. The molecule has 4 heteroatoms. The number of aryl methyl sites for hydroxylation is 1. The number of methoxy groups -OCH3 is 2. The molecule has 0 saturated heterocycles. The molecule has 0 aliphatic rings. The van der Waals surface area contributed by atoms with Gasteiger partial charge in [-0.2, -0.15) is 0 Å². The molecule has 1 atom stereocenters. The van der Waals surface area contributed by atoms with Crippen molar-refractivity contribution in [1.82, 2.24) is 0 Å². The summed E-state index contributed by atoms with van der Waals surface area (Å²) in [5, 5.41) is 8.97. The van der Waals surface area contributed by atoms with E-state index in [4.69, 9.17) is 14.6 Å². The van der Waals surface area contributed by atoms with Crippen LogP contribution in [0.4, 0.5) is 0 Å². The van der Waals surface area contributed by atoms with E-state index in [0.29, 0.717) is 24.3 Å². The van der Waals surface area contributed by atoms with Crippen LogP contribution in [0.3, 0.4) is 0 Å². The number of carbonyl (C=O) groups excluding carboxylic acids is 1. The second-order valence-electron chi connectivity index (χ2n) is 4.57. The Balaban J connectivity index is 3.26. The van der Waals surface area contributed by atoms with Crippen LogP contribution in [0.1, 0.15) is 37.3 Å². The van der Waals surface area contributed by atoms with E-state index in [1.54, 1.807) is 21.1 Å². The summed E-state index contributed by atoms with van der Waals surface area (Å²) in [4.78, 5) is 11.6. The molecule has 0 aliphatic heterocycles. The standard InChI is InChI=1S/C15H22O4/c1-10(11(2)17)13-9-15(19-4)14(18-3)8-12(13)6-5-7-16/h8-10,16H,5-7H2,1-4H3. The van der Waals surface area contributed by atoms with Crippen molar-refractivity contribution in [2.45, 2.75) is 32.6 Å². The van der Waals surface area contributed by atoms with Gasteiger partial charge in [0.05, 0.1) is 14.2 Å². The molecule has 1 unspecified atom stereocenters. The van der Waals surface area contributed by atoms with Crippen molar-refractivity contribution >= 4 is 5.78 Å². The van der Waals surface area contributed by atoms with Crippen molar-refractivity contribution in [2.24, 2.45) is 0 Å². The smallest absolute Gasteiger partial charge is 0.161 e. The van der Waals surface area contributed by atoms with Gasteiger partial charge in [0.25, 0.3) is 0 Å². The molecule has 1 aromatic rings. The average molecular weight is 266 g/mol. The zero-order chi connectivity index (χ0) is 14.4. The van der Waals surface area contributed by atoms with Crippen LogP contribution in [-0.4, -0.2) is 31.7 Å². The monoisotopic (exact) mass is 266 g/mol. The normalized spacial score (nSPS) is 12.1. The fraction of sp³-hybridized carbons (Fsp3) is 0.533. The van der Waals surface area contributed by atoms with E-state index in [9.17, 15) is 4.79 Å². The van der Waals surface area contributed by atoms with Crippen LogP contribution >= 0.6 is 0 Å². The first-order valence-corrected chi connectivity index (χ1v) is 6.41. The third kappa shape index (κ3) is 3.70. The van der Waals surface area contributed by atoms with E-state index in [0.717, 1.165) is 11.1 Å². The predicted octanol–water partition coefficient (Wildman–Crippen LogP) is 2.32. The van der Waals surface area contributed by atoms with E-state index in [-0.39, 0.29) is 18.3 Å². The molecule has 1 aromatic carbocycles. The minimum absolute atomic E-state index is 0.109. The minimum Gasteiger partial charge on any atom is -0.493 e. The summed E-state index contributed by atoms with van der Waals surface area (Å²) in [6.45, 7) is 3.59. The topological polar surface area (TPSA) is 55.8 Å². The summed E-state index contributed by atoms with van der Waals surface area (Å²) in [7, 11) is 3.16. The van der Waals surface area contributed by atoms with Gasteiger partial charge in [0.2, 0.25) is 0 Å². The van der Waals surface area contributed by atoms with Crippen molar-refractivity contribution in [1.29, 1.82) is 0 Å². The maximum Gasteiger partial charge on any atom is 0.161 e. The maximum absolute atomic E-state index is 11.6. The Bertz CT molecular complexity index is 440. The Kier molecular flexibility index (Phi) is 5.83. The molecule has 0 aromatic heterocycles. The van der Waals surface area contributed by atoms with Crippen LogP contribution in [0.5, 0.6) is 11.5 Å². The van der Waals surface area contributed by atoms with Gasteiger partial charge in [0, 0.05) is 12.5 Å². The lowest BCUT2D eigenvalue weighted by molar-refractivity contribution is -0.118. The van der Waals surface area contributed by atoms with Crippen molar-refractivity contribution in [3.8, 4) is 11.5 Å². The van der Waals surface area contributed by atoms with Crippen molar-refractivity contribution in [3.05, 3.63) is 23.3 Å². The summed E-state index contributed by atoms with van der Waals surface area (Å²) in [5.74, 6) is 1.19. The Morgan fingerprint density at radius 3 is 2.32 bits per heavy atom. The molecule has 0 spiro atoms. The number of carbonyl (C=O) groups is 1. The van der Waals surface area contributed by atoms with E-state index in [1.807, 2.05) is 19.1 Å². The summed E-state index contributed by atoms with van der Waals surface area (Å²) in [6.07, 6.45) is 1.37. The molecular weight excluding hydrogens is 244 g/mol. The molecule has 106 valence electrons. The number of rotatable bonds is 7. The third-order valence-electron chi connectivity index (χ3n) is 3.33. The van der Waals surface area contributed by atoms with Crippen LogP contribution in [0.25, 0.3) is 0 Å². The van der Waals surface area contributed by atoms with Crippen molar-refractivity contribution < 1.29 is 19.4 Å². The van der Waals surface area contributed by atoms with Crippen LogP contribution < -0.4 is 9.47 Å². The Morgan fingerprint density at radius 1 is 1.26 bits per heavy atom. The van der Waals surface area contributed by atoms with Crippen molar-refractivity contribution in [3.63, 3.8) is 0 Å². The molecule has 0 radical (unpaired) electrons. The minimum atomic E-state index is -0.187. The molecule has 0 fully saturated rings. The number of Topliss-reactive ketones (excluding diaryl/α,β-unsaturated/α-hetero) is 1. The molecular formula is C15H22O4. The molecule has 0 amide bonds. The summed E-state index contributed by atoms with van der Waals surface area (Å²) < 4.78 is 10.6. The van der Waals surface area contributed by atoms with E-state index < -0.39 is 0 Å². The molecule has 4 nitrogen and oxygen atoms in total. The molecule has 0 aliphatic carbocycles. The van der Waals surface area contributed by atoms with Gasteiger partial charge in [-0.25, -0.2) is 0 Å². The highest BCUT2D eigenvalue weighted by molar-refractivity contribution is 5.83. The third-order valence-corrected chi connectivity index (χ3v) is 3.33. The first kappa shape index (κ1) is 15.5. The lowest BCUT2D eigenvalue weighted by Gasteiger charge is -2.18. The van der Waals surface area contributed by atoms with E-state index in [2.05, 4.69) is 0 Å². The van der Waals surface area contributed by atoms with Gasteiger partial charge in [0.1, 0.15) is 5.78 Å². The van der Waals surface area contributed by atoms with Crippen molar-refractivity contribution in [2.75, 3.05) is 20.8 Å². The number of ether oxygens (including phenoxy) is 2. The van der Waals surface area contributed by atoms with Gasteiger partial charge in [-0.15, -0.1) is 0 Å². The van der Waals surface area contributed by atoms with Crippen LogP contribution in [0, 0.1) is 0 Å². The summed E-state index contributed by atoms with van der Waals surface area (Å²) in [6, 6.07) is 3.75. The first-order chi connectivity index (χ1) is 9.04. The molecule has 1 rings (SSSR count). The van der Waals surface area contributed by atoms with Gasteiger partial charge in [-0.3, -0.25) is 4.79 Å². The summed E-state index contributed by atoms with van der Waals surface area (Å²) >= 11 is 0. The fourth-order valence-corrected chi connectivity index (χ4v) is 2.04. The quantitative estimate of drug-likeness (QED) is 0.823. The highest BCUT2D eigenvalue weighted by atomic mass is 16.5. The highest BCUT2D eigenvalue weighted by Crippen LogP contribution is 2.34. The lowest BCUT2D eigenvalue weighted by atomic mass is 9.90. The van der Waals surface area contributed by atoms with Gasteiger partial charge in [-0.1, -0.05) is 6.92 Å². The molecule has 1 N–H and O–H groups in total. The molecule has 0 bridgehead atoms. The van der Waals surface area contributed by atoms with Gasteiger partial charge >= 0.3 is 0 Å². The first-order valence-electron chi connectivity index (χ1n) is 6.41. The summed E-state index contributed by atoms with van der Waals surface area (Å²) in [5.41, 5.74) is 1.97. The largest absolute Gasteiger partial charge is 0.493 e. The molecule has 0 saturated carbocycles. The number of aliphatic hydroxyl groups excluding tert-OH is 1.